The van der Waals surface area contributed by atoms with Gasteiger partial charge in [-0.05, 0) is 25.0 Å². The Balaban J connectivity index is 1.75. The molecule has 0 spiro atoms. The van der Waals surface area contributed by atoms with Gasteiger partial charge in [-0.3, -0.25) is 0 Å². The average molecular weight is 248 g/mol. The second-order valence-electron chi connectivity index (χ2n) is 5.11. The summed E-state index contributed by atoms with van der Waals surface area (Å²) in [6.45, 7) is 3.47. The molecule has 1 aromatic rings. The number of β-amino-alcohol motifs (C(OH)–C–C–N with tert-alkyl or cyclic N) is 1. The number of aliphatic hydroxyl groups excluding tert-OH is 1. The maximum absolute atomic E-state index is 9.57. The minimum atomic E-state index is -0.187. The van der Waals surface area contributed by atoms with Gasteiger partial charge in [0.15, 0.2) is 0 Å². The highest BCUT2D eigenvalue weighted by atomic mass is 16.5. The summed E-state index contributed by atoms with van der Waals surface area (Å²) in [5, 5.41) is 12.9. The number of nitrogens with zero attached hydrogens (tertiary/aromatic N) is 1. The first kappa shape index (κ1) is 11.8. The van der Waals surface area contributed by atoms with Gasteiger partial charge in [0.05, 0.1) is 18.4 Å². The van der Waals surface area contributed by atoms with Crippen molar-refractivity contribution in [1.29, 1.82) is 0 Å². The van der Waals surface area contributed by atoms with Gasteiger partial charge in [0.1, 0.15) is 5.75 Å². The molecule has 3 rings (SSSR count). The van der Waals surface area contributed by atoms with Crippen LogP contribution in [0, 0.1) is 0 Å². The van der Waals surface area contributed by atoms with E-state index in [1.165, 1.54) is 5.69 Å². The number of ether oxygens (including phenoxy) is 1. The van der Waals surface area contributed by atoms with Crippen molar-refractivity contribution in [3.05, 3.63) is 24.3 Å². The monoisotopic (exact) mass is 248 g/mol. The number of nitrogens with one attached hydrogen (secondary N) is 1. The largest absolute Gasteiger partial charge is 0.491 e. The normalized spacial score (nSPS) is 27.5. The highest BCUT2D eigenvalue weighted by molar-refractivity contribution is 5.59. The molecule has 1 saturated heterocycles. The Morgan fingerprint density at radius 2 is 2.28 bits per heavy atom. The molecule has 18 heavy (non-hydrogen) atoms. The van der Waals surface area contributed by atoms with Crippen LogP contribution in [0.5, 0.6) is 5.75 Å². The van der Waals surface area contributed by atoms with E-state index in [4.69, 9.17) is 4.74 Å². The fraction of sp³-hybridized carbons (Fsp3) is 0.571. The first-order valence-corrected chi connectivity index (χ1v) is 6.71. The topological polar surface area (TPSA) is 44.7 Å². The Bertz CT molecular complexity index is 411. The van der Waals surface area contributed by atoms with Gasteiger partial charge in [0.2, 0.25) is 0 Å². The predicted octanol–water partition coefficient (Wildman–Crippen LogP) is 0.998. The second kappa shape index (κ2) is 5.16. The van der Waals surface area contributed by atoms with Crippen LogP contribution in [-0.4, -0.2) is 43.5 Å². The molecular formula is C14H20N2O2. The first-order valence-electron chi connectivity index (χ1n) is 6.71. The second-order valence-corrected chi connectivity index (χ2v) is 5.11. The molecule has 2 N–H and O–H groups in total. The van der Waals surface area contributed by atoms with Crippen molar-refractivity contribution in [3.63, 3.8) is 0 Å². The number of hydrogen-bond donors (Lipinski definition) is 2. The molecule has 0 radical (unpaired) electrons. The molecule has 2 aliphatic heterocycles. The van der Waals surface area contributed by atoms with Crippen LogP contribution in [0.25, 0.3) is 0 Å². The zero-order chi connectivity index (χ0) is 12.4. The minimum Gasteiger partial charge on any atom is -0.491 e. The fourth-order valence-electron chi connectivity index (χ4n) is 2.79. The van der Waals surface area contributed by atoms with Gasteiger partial charge < -0.3 is 20.1 Å². The lowest BCUT2D eigenvalue weighted by atomic mass is 10.1. The number of rotatable bonds is 2. The van der Waals surface area contributed by atoms with Gasteiger partial charge in [-0.15, -0.1) is 0 Å². The van der Waals surface area contributed by atoms with Crippen LogP contribution >= 0.6 is 0 Å². The molecule has 0 amide bonds. The van der Waals surface area contributed by atoms with E-state index in [1.54, 1.807) is 0 Å². The highest BCUT2D eigenvalue weighted by Gasteiger charge is 2.25. The minimum absolute atomic E-state index is 0.187. The molecule has 4 nitrogen and oxygen atoms in total. The number of anilines is 1. The predicted molar refractivity (Wildman–Crippen MR) is 71.2 cm³/mol. The van der Waals surface area contributed by atoms with Gasteiger partial charge in [-0.25, -0.2) is 0 Å². The maximum Gasteiger partial charge on any atom is 0.142 e. The van der Waals surface area contributed by atoms with Gasteiger partial charge >= 0.3 is 0 Å². The molecule has 2 atom stereocenters. The van der Waals surface area contributed by atoms with Crippen LogP contribution in [0.3, 0.4) is 0 Å². The summed E-state index contributed by atoms with van der Waals surface area (Å²) in [5.74, 6) is 0.980. The third kappa shape index (κ3) is 2.44. The molecule has 1 fully saturated rings. The number of benzene rings is 1. The molecule has 0 bridgehead atoms. The van der Waals surface area contributed by atoms with Gasteiger partial charge in [-0.2, -0.15) is 0 Å². The van der Waals surface area contributed by atoms with Crippen molar-refractivity contribution in [1.82, 2.24) is 5.32 Å². The Kier molecular flexibility index (Phi) is 3.39. The van der Waals surface area contributed by atoms with Crippen molar-refractivity contribution in [2.24, 2.45) is 0 Å². The lowest BCUT2D eigenvalue weighted by Gasteiger charge is -2.26. The van der Waals surface area contributed by atoms with Crippen molar-refractivity contribution < 1.29 is 9.84 Å². The van der Waals surface area contributed by atoms with E-state index >= 15 is 0 Å². The lowest BCUT2D eigenvalue weighted by Crippen LogP contribution is -2.37. The average Bonchev–Trinajstić information content (AvgIpc) is 2.68. The summed E-state index contributed by atoms with van der Waals surface area (Å²) in [4.78, 5) is 2.37. The molecule has 0 saturated carbocycles. The third-order valence-corrected chi connectivity index (χ3v) is 3.68. The molecule has 4 heteroatoms. The van der Waals surface area contributed by atoms with Crippen LogP contribution in [0.2, 0.25) is 0 Å². The standard InChI is InChI=1S/C14H20N2O2/c17-12-8-11(15-9-12)10-16-6-3-7-18-14-5-2-1-4-13(14)16/h1-2,4-5,11-12,15,17H,3,6-10H2. The van der Waals surface area contributed by atoms with Crippen molar-refractivity contribution in [2.45, 2.75) is 25.0 Å². The smallest absolute Gasteiger partial charge is 0.142 e. The van der Waals surface area contributed by atoms with E-state index in [2.05, 4.69) is 22.3 Å². The van der Waals surface area contributed by atoms with Crippen molar-refractivity contribution >= 4 is 5.69 Å². The van der Waals surface area contributed by atoms with Crippen LogP contribution < -0.4 is 15.0 Å². The summed E-state index contributed by atoms with van der Waals surface area (Å²) < 4.78 is 5.75. The SMILES string of the molecule is OC1CNC(CN2CCCOc3ccccc32)C1. The van der Waals surface area contributed by atoms with Crippen LogP contribution in [0.4, 0.5) is 5.69 Å². The molecule has 0 aliphatic carbocycles. The quantitative estimate of drug-likeness (QED) is 0.819. The first-order chi connectivity index (χ1) is 8.83. The van der Waals surface area contributed by atoms with Crippen LogP contribution in [-0.2, 0) is 0 Å². The van der Waals surface area contributed by atoms with Gasteiger partial charge in [0.25, 0.3) is 0 Å². The molecule has 2 aliphatic rings. The Hall–Kier alpha value is -1.26. The zero-order valence-corrected chi connectivity index (χ0v) is 10.5. The van der Waals surface area contributed by atoms with Crippen LogP contribution in [0.15, 0.2) is 24.3 Å². The molecule has 2 unspecified atom stereocenters. The van der Waals surface area contributed by atoms with Crippen molar-refractivity contribution in [2.75, 3.05) is 31.1 Å². The van der Waals surface area contributed by atoms with E-state index in [9.17, 15) is 5.11 Å². The summed E-state index contributed by atoms with van der Waals surface area (Å²) in [5.41, 5.74) is 1.18. The van der Waals surface area contributed by atoms with E-state index in [-0.39, 0.29) is 6.10 Å². The number of hydrogen-bond acceptors (Lipinski definition) is 4. The maximum atomic E-state index is 9.57. The summed E-state index contributed by atoms with van der Waals surface area (Å²) in [7, 11) is 0. The summed E-state index contributed by atoms with van der Waals surface area (Å²) >= 11 is 0. The molecule has 1 aromatic carbocycles. The molecular weight excluding hydrogens is 228 g/mol. The summed E-state index contributed by atoms with van der Waals surface area (Å²) in [6, 6.07) is 8.60. The van der Waals surface area contributed by atoms with Gasteiger partial charge in [0, 0.05) is 25.7 Å². The van der Waals surface area contributed by atoms with Crippen molar-refractivity contribution in [3.8, 4) is 5.75 Å². The van der Waals surface area contributed by atoms with E-state index < -0.39 is 0 Å². The van der Waals surface area contributed by atoms with E-state index in [0.717, 1.165) is 44.8 Å². The Labute approximate surface area is 108 Å². The Morgan fingerprint density at radius 3 is 3.11 bits per heavy atom. The number of para-hydroxylation sites is 2. The lowest BCUT2D eigenvalue weighted by molar-refractivity contribution is 0.193. The van der Waals surface area contributed by atoms with E-state index in [1.807, 2.05) is 12.1 Å². The number of fused-ring (bicyclic) bond motifs is 1. The highest BCUT2D eigenvalue weighted by Crippen LogP contribution is 2.30. The fourth-order valence-corrected chi connectivity index (χ4v) is 2.79. The number of aliphatic hydroxyl groups is 1. The van der Waals surface area contributed by atoms with Crippen LogP contribution in [0.1, 0.15) is 12.8 Å². The zero-order valence-electron chi connectivity index (χ0n) is 10.5. The molecule has 0 aromatic heterocycles. The third-order valence-electron chi connectivity index (χ3n) is 3.68. The van der Waals surface area contributed by atoms with Gasteiger partial charge in [-0.1, -0.05) is 12.1 Å². The van der Waals surface area contributed by atoms with E-state index in [0.29, 0.717) is 6.04 Å². The molecule has 2 heterocycles. The Morgan fingerprint density at radius 1 is 1.39 bits per heavy atom. The summed E-state index contributed by atoms with van der Waals surface area (Å²) in [6.07, 6.45) is 1.71. The molecule has 98 valence electrons.